The number of hydrogen-bond donors (Lipinski definition) is 1. The summed E-state index contributed by atoms with van der Waals surface area (Å²) in [5.41, 5.74) is 1.74. The predicted octanol–water partition coefficient (Wildman–Crippen LogP) is 3.29. The fraction of sp³-hybridized carbons (Fsp3) is 0.304. The van der Waals surface area contributed by atoms with E-state index in [-0.39, 0.29) is 23.3 Å². The van der Waals surface area contributed by atoms with Gasteiger partial charge in [-0.1, -0.05) is 30.3 Å². The van der Waals surface area contributed by atoms with Crippen LogP contribution in [-0.2, 0) is 11.8 Å². The number of amides is 1. The Kier molecular flexibility index (Phi) is 5.72. The molecule has 3 aromatic rings. The normalized spacial score (nSPS) is 15.9. The molecule has 7 heteroatoms. The lowest BCUT2D eigenvalue weighted by molar-refractivity contribution is 0.0673. The minimum Gasteiger partial charge on any atom is -0.490 e. The first-order valence-electron chi connectivity index (χ1n) is 10.0. The van der Waals surface area contributed by atoms with Gasteiger partial charge in [-0.15, -0.1) is 0 Å². The molecule has 0 saturated carbocycles. The van der Waals surface area contributed by atoms with Gasteiger partial charge in [0.2, 0.25) is 0 Å². The van der Waals surface area contributed by atoms with Crippen LogP contribution in [0.1, 0.15) is 28.9 Å². The van der Waals surface area contributed by atoms with Crippen molar-refractivity contribution >= 4 is 11.6 Å². The number of nitrogens with one attached hydrogen (secondary N) is 1. The molecule has 1 N–H and O–H groups in total. The van der Waals surface area contributed by atoms with Crippen LogP contribution in [0.4, 0.5) is 5.69 Å². The van der Waals surface area contributed by atoms with Crippen LogP contribution in [0.3, 0.4) is 0 Å². The predicted molar refractivity (Wildman–Crippen MR) is 115 cm³/mol. The second-order valence-electron chi connectivity index (χ2n) is 7.33. The molecule has 1 aromatic heterocycles. The number of ether oxygens (including phenoxy) is 2. The van der Waals surface area contributed by atoms with Gasteiger partial charge in [0.15, 0.2) is 0 Å². The van der Waals surface area contributed by atoms with E-state index in [1.807, 2.05) is 36.4 Å². The molecule has 1 saturated heterocycles. The lowest BCUT2D eigenvalue weighted by atomic mass is 10.2. The summed E-state index contributed by atoms with van der Waals surface area (Å²) >= 11 is 0. The zero-order valence-electron chi connectivity index (χ0n) is 17.1. The SMILES string of the molecule is Cc1c(NC(=O)c2ccccc2OC[C@H]2CCCO2)c(=O)n(-c2ccccc2)n1C. The number of carbonyl (C=O) groups excluding carboxylic acids is 1. The van der Waals surface area contributed by atoms with Gasteiger partial charge in [-0.3, -0.25) is 14.3 Å². The Labute approximate surface area is 174 Å². The lowest BCUT2D eigenvalue weighted by Crippen LogP contribution is -2.23. The molecule has 30 heavy (non-hydrogen) atoms. The van der Waals surface area contributed by atoms with Gasteiger partial charge >= 0.3 is 0 Å². The standard InChI is InChI=1S/C23H25N3O4/c1-16-21(23(28)26(25(16)2)17-9-4-3-5-10-17)24-22(27)19-12-6-7-13-20(19)30-15-18-11-8-14-29-18/h3-7,9-10,12-13,18H,8,11,14-15H2,1-2H3,(H,24,27)/t18-/m1/s1. The van der Waals surface area contributed by atoms with Crippen LogP contribution in [0.2, 0.25) is 0 Å². The second-order valence-corrected chi connectivity index (χ2v) is 7.33. The van der Waals surface area contributed by atoms with E-state index >= 15 is 0 Å². The zero-order valence-corrected chi connectivity index (χ0v) is 17.1. The van der Waals surface area contributed by atoms with Gasteiger partial charge in [0.25, 0.3) is 11.5 Å². The van der Waals surface area contributed by atoms with Gasteiger partial charge in [-0.25, -0.2) is 4.68 Å². The van der Waals surface area contributed by atoms with Crippen molar-refractivity contribution in [2.75, 3.05) is 18.5 Å². The molecule has 1 atom stereocenters. The monoisotopic (exact) mass is 407 g/mol. The average molecular weight is 407 g/mol. The first kappa shape index (κ1) is 20.0. The summed E-state index contributed by atoms with van der Waals surface area (Å²) in [5, 5.41) is 2.79. The Morgan fingerprint density at radius 1 is 1.17 bits per heavy atom. The molecular formula is C23H25N3O4. The summed E-state index contributed by atoms with van der Waals surface area (Å²) in [6.07, 6.45) is 2.03. The number of carbonyl (C=O) groups is 1. The summed E-state index contributed by atoms with van der Waals surface area (Å²) in [7, 11) is 1.79. The van der Waals surface area contributed by atoms with Crippen LogP contribution in [0.25, 0.3) is 5.69 Å². The summed E-state index contributed by atoms with van der Waals surface area (Å²) in [6.45, 7) is 2.95. The Hall–Kier alpha value is -3.32. The fourth-order valence-electron chi connectivity index (χ4n) is 3.63. The molecule has 0 radical (unpaired) electrons. The van der Waals surface area contributed by atoms with Crippen molar-refractivity contribution in [3.8, 4) is 11.4 Å². The van der Waals surface area contributed by atoms with Gasteiger partial charge in [0.05, 0.1) is 23.0 Å². The third kappa shape index (κ3) is 3.89. The fourth-order valence-corrected chi connectivity index (χ4v) is 3.63. The Balaban J connectivity index is 1.58. The van der Waals surface area contributed by atoms with Crippen LogP contribution < -0.4 is 15.6 Å². The minimum atomic E-state index is -0.385. The molecular weight excluding hydrogens is 382 g/mol. The van der Waals surface area contributed by atoms with Gasteiger partial charge in [0.1, 0.15) is 18.0 Å². The van der Waals surface area contributed by atoms with Gasteiger partial charge in [0, 0.05) is 13.7 Å². The highest BCUT2D eigenvalue weighted by molar-refractivity contribution is 6.06. The molecule has 1 fully saturated rings. The van der Waals surface area contributed by atoms with Crippen molar-refractivity contribution in [3.05, 3.63) is 76.2 Å². The second kappa shape index (κ2) is 8.59. The van der Waals surface area contributed by atoms with Gasteiger partial charge in [-0.2, -0.15) is 0 Å². The first-order chi connectivity index (χ1) is 14.6. The van der Waals surface area contributed by atoms with E-state index < -0.39 is 0 Å². The van der Waals surface area contributed by atoms with Gasteiger partial charge < -0.3 is 14.8 Å². The summed E-state index contributed by atoms with van der Waals surface area (Å²) in [6, 6.07) is 16.3. The zero-order chi connectivity index (χ0) is 21.1. The Morgan fingerprint density at radius 2 is 1.90 bits per heavy atom. The lowest BCUT2D eigenvalue weighted by Gasteiger charge is -2.14. The van der Waals surface area contributed by atoms with E-state index in [0.717, 1.165) is 25.1 Å². The maximum Gasteiger partial charge on any atom is 0.295 e. The summed E-state index contributed by atoms with van der Waals surface area (Å²) in [4.78, 5) is 26.1. The first-order valence-corrected chi connectivity index (χ1v) is 10.0. The Bertz CT molecular complexity index is 1100. The number of hydrogen-bond acceptors (Lipinski definition) is 4. The van der Waals surface area contributed by atoms with Crippen LogP contribution in [0, 0.1) is 6.92 Å². The smallest absolute Gasteiger partial charge is 0.295 e. The van der Waals surface area contributed by atoms with Crippen LogP contribution >= 0.6 is 0 Å². The summed E-state index contributed by atoms with van der Waals surface area (Å²) < 4.78 is 14.7. The molecule has 4 rings (SSSR count). The maximum absolute atomic E-state index is 13.0. The van der Waals surface area contributed by atoms with Crippen LogP contribution in [0.5, 0.6) is 5.75 Å². The van der Waals surface area contributed by atoms with Crippen molar-refractivity contribution in [1.29, 1.82) is 0 Å². The Morgan fingerprint density at radius 3 is 2.63 bits per heavy atom. The highest BCUT2D eigenvalue weighted by Crippen LogP contribution is 2.22. The molecule has 0 bridgehead atoms. The average Bonchev–Trinajstić information content (AvgIpc) is 3.36. The maximum atomic E-state index is 13.0. The van der Waals surface area contributed by atoms with E-state index in [2.05, 4.69) is 5.32 Å². The molecule has 7 nitrogen and oxygen atoms in total. The molecule has 0 unspecified atom stereocenters. The van der Waals surface area contributed by atoms with Crippen molar-refractivity contribution < 1.29 is 14.3 Å². The highest BCUT2D eigenvalue weighted by Gasteiger charge is 2.22. The number of benzene rings is 2. The quantitative estimate of drug-likeness (QED) is 0.680. The van der Waals surface area contributed by atoms with E-state index in [1.165, 1.54) is 4.68 Å². The number of nitrogens with zero attached hydrogens (tertiary/aromatic N) is 2. The molecule has 1 amide bonds. The van der Waals surface area contributed by atoms with Crippen molar-refractivity contribution in [1.82, 2.24) is 9.36 Å². The molecule has 0 spiro atoms. The third-order valence-electron chi connectivity index (χ3n) is 5.37. The van der Waals surface area contributed by atoms with Crippen molar-refractivity contribution in [2.24, 2.45) is 7.05 Å². The van der Waals surface area contributed by atoms with Crippen LogP contribution in [-0.4, -0.2) is 34.6 Å². The third-order valence-corrected chi connectivity index (χ3v) is 5.37. The largest absolute Gasteiger partial charge is 0.490 e. The van der Waals surface area contributed by atoms with Crippen LogP contribution in [0.15, 0.2) is 59.4 Å². The molecule has 156 valence electrons. The molecule has 2 aromatic carbocycles. The van der Waals surface area contributed by atoms with E-state index in [4.69, 9.17) is 9.47 Å². The molecule has 1 aliphatic rings. The molecule has 2 heterocycles. The summed E-state index contributed by atoms with van der Waals surface area (Å²) in [5.74, 6) is 0.0893. The topological polar surface area (TPSA) is 74.5 Å². The number of rotatable bonds is 6. The van der Waals surface area contributed by atoms with E-state index in [1.54, 1.807) is 36.9 Å². The van der Waals surface area contributed by atoms with Crippen molar-refractivity contribution in [2.45, 2.75) is 25.9 Å². The highest BCUT2D eigenvalue weighted by atomic mass is 16.5. The molecule has 1 aliphatic heterocycles. The minimum absolute atomic E-state index is 0.0514. The number of aromatic nitrogens is 2. The number of para-hydroxylation sites is 2. The van der Waals surface area contributed by atoms with Gasteiger partial charge in [-0.05, 0) is 44.0 Å². The number of anilines is 1. The van der Waals surface area contributed by atoms with Crippen molar-refractivity contribution in [3.63, 3.8) is 0 Å². The van der Waals surface area contributed by atoms with E-state index in [0.29, 0.717) is 23.6 Å². The molecule has 0 aliphatic carbocycles. The van der Waals surface area contributed by atoms with E-state index in [9.17, 15) is 9.59 Å².